The minimum absolute atomic E-state index is 0.116. The summed E-state index contributed by atoms with van der Waals surface area (Å²) in [5, 5.41) is 5.70. The molecule has 0 spiro atoms. The normalized spacial score (nSPS) is 12.9. The molecule has 208 valence electrons. The summed E-state index contributed by atoms with van der Waals surface area (Å²) >= 11 is 0. The molecule has 2 rings (SSSR count). The van der Waals surface area contributed by atoms with Gasteiger partial charge in [-0.3, -0.25) is 9.59 Å². The number of amides is 3. The van der Waals surface area contributed by atoms with Gasteiger partial charge in [0, 0.05) is 12.2 Å². The molecule has 2 atom stereocenters. The van der Waals surface area contributed by atoms with Gasteiger partial charge in [0.1, 0.15) is 23.4 Å². The zero-order chi connectivity index (χ0) is 28.6. The van der Waals surface area contributed by atoms with Gasteiger partial charge in [-0.1, -0.05) is 43.2 Å². The number of ether oxygens (including phenoxy) is 2. The number of alkyl carbamates (subject to hydrolysis) is 1. The van der Waals surface area contributed by atoms with E-state index in [9.17, 15) is 14.4 Å². The van der Waals surface area contributed by atoms with E-state index in [4.69, 9.17) is 9.47 Å². The molecule has 0 heterocycles. The summed E-state index contributed by atoms with van der Waals surface area (Å²) in [6.07, 6.45) is -0.271. The predicted molar refractivity (Wildman–Crippen MR) is 150 cm³/mol. The van der Waals surface area contributed by atoms with Crippen LogP contribution in [0.4, 0.5) is 10.5 Å². The van der Waals surface area contributed by atoms with Gasteiger partial charge in [0.25, 0.3) is 5.91 Å². The van der Waals surface area contributed by atoms with E-state index < -0.39 is 23.8 Å². The predicted octanol–water partition coefficient (Wildman–Crippen LogP) is 5.78. The van der Waals surface area contributed by atoms with Crippen molar-refractivity contribution < 1.29 is 23.9 Å². The maximum absolute atomic E-state index is 14.0. The van der Waals surface area contributed by atoms with Crippen LogP contribution >= 0.6 is 0 Å². The minimum Gasteiger partial charge on any atom is -0.497 e. The number of rotatable bonds is 10. The van der Waals surface area contributed by atoms with Crippen LogP contribution in [0.5, 0.6) is 5.75 Å². The number of nitrogens with one attached hydrogen (secondary N) is 2. The van der Waals surface area contributed by atoms with Gasteiger partial charge >= 0.3 is 6.09 Å². The number of benzene rings is 2. The Morgan fingerprint density at radius 2 is 1.55 bits per heavy atom. The average Bonchev–Trinajstić information content (AvgIpc) is 2.79. The lowest BCUT2D eigenvalue weighted by Crippen LogP contribution is -2.52. The topological polar surface area (TPSA) is 97.0 Å². The van der Waals surface area contributed by atoms with E-state index in [1.807, 2.05) is 52.8 Å². The van der Waals surface area contributed by atoms with Gasteiger partial charge in [-0.25, -0.2) is 4.79 Å². The van der Waals surface area contributed by atoms with Crippen molar-refractivity contribution in [2.24, 2.45) is 5.92 Å². The van der Waals surface area contributed by atoms with Crippen LogP contribution in [0.3, 0.4) is 0 Å². The Labute approximate surface area is 227 Å². The number of nitrogens with zero attached hydrogens (tertiary/aromatic N) is 1. The molecule has 38 heavy (non-hydrogen) atoms. The van der Waals surface area contributed by atoms with Gasteiger partial charge in [0.2, 0.25) is 5.91 Å². The highest BCUT2D eigenvalue weighted by molar-refractivity contribution is 5.99. The number of carbonyl (C=O) groups is 3. The zero-order valence-corrected chi connectivity index (χ0v) is 24.2. The summed E-state index contributed by atoms with van der Waals surface area (Å²) < 4.78 is 10.6. The molecule has 2 unspecified atom stereocenters. The Kier molecular flexibility index (Phi) is 10.7. The van der Waals surface area contributed by atoms with Crippen molar-refractivity contribution in [3.05, 3.63) is 59.2 Å². The van der Waals surface area contributed by atoms with E-state index in [1.165, 1.54) is 4.90 Å². The Bertz CT molecular complexity index is 1090. The number of hydrogen-bond donors (Lipinski definition) is 2. The first kappa shape index (κ1) is 30.7. The molecule has 0 radical (unpaired) electrons. The van der Waals surface area contributed by atoms with Crippen molar-refractivity contribution in [3.63, 3.8) is 0 Å². The van der Waals surface area contributed by atoms with Gasteiger partial charge in [-0.05, 0) is 83.7 Å². The summed E-state index contributed by atoms with van der Waals surface area (Å²) in [6, 6.07) is 11.1. The molecule has 0 fully saturated rings. The highest BCUT2D eigenvalue weighted by atomic mass is 16.6. The number of carbonyl (C=O) groups excluding carboxylic acids is 3. The summed E-state index contributed by atoms with van der Waals surface area (Å²) in [6.45, 7) is 15.3. The van der Waals surface area contributed by atoms with Crippen LogP contribution in [0.25, 0.3) is 0 Å². The molecule has 0 saturated heterocycles. The van der Waals surface area contributed by atoms with E-state index >= 15 is 0 Å². The molecule has 3 amide bonds. The second-order valence-electron chi connectivity index (χ2n) is 11.0. The first-order chi connectivity index (χ1) is 17.7. The SMILES string of the molecule is CCN(C(=O)C(CC(C)C)NC(=O)OC(C)(C)C)C(C(=O)Nc1ccc(OC)cc1)c1cc(C)cc(C)c1. The third kappa shape index (κ3) is 9.08. The standard InChI is InChI=1S/C30H43N3O5/c1-10-33(28(35)25(15-19(2)3)32-29(36)38-30(6,7)8)26(22-17-20(4)16-21(5)18-22)27(34)31-23-11-13-24(37-9)14-12-23/h11-14,16-19,25-26H,10,15H2,1-9H3,(H,31,34)(H,32,36). The molecule has 0 aliphatic carbocycles. The van der Waals surface area contributed by atoms with Crippen LogP contribution in [-0.2, 0) is 14.3 Å². The third-order valence-corrected chi connectivity index (χ3v) is 5.80. The Hall–Kier alpha value is -3.55. The summed E-state index contributed by atoms with van der Waals surface area (Å²) in [7, 11) is 1.58. The summed E-state index contributed by atoms with van der Waals surface area (Å²) in [5.74, 6) is 0.0892. The molecule has 0 saturated carbocycles. The molecule has 0 aliphatic rings. The molecule has 0 aromatic heterocycles. The maximum Gasteiger partial charge on any atom is 0.408 e. The molecule has 8 heteroatoms. The van der Waals surface area contributed by atoms with E-state index in [-0.39, 0.29) is 24.3 Å². The van der Waals surface area contributed by atoms with Crippen LogP contribution in [0, 0.1) is 19.8 Å². The molecular formula is C30H43N3O5. The molecule has 2 aromatic carbocycles. The molecule has 0 aliphatic heterocycles. The fourth-order valence-electron chi connectivity index (χ4n) is 4.33. The van der Waals surface area contributed by atoms with Crippen molar-refractivity contribution in [1.29, 1.82) is 0 Å². The van der Waals surface area contributed by atoms with Crippen molar-refractivity contribution in [3.8, 4) is 5.75 Å². The number of hydrogen-bond acceptors (Lipinski definition) is 5. The van der Waals surface area contributed by atoms with Gasteiger partial charge in [0.15, 0.2) is 0 Å². The smallest absolute Gasteiger partial charge is 0.408 e. The number of aryl methyl sites for hydroxylation is 2. The highest BCUT2D eigenvalue weighted by Gasteiger charge is 2.36. The first-order valence-corrected chi connectivity index (χ1v) is 13.1. The minimum atomic E-state index is -0.914. The highest BCUT2D eigenvalue weighted by Crippen LogP contribution is 2.27. The third-order valence-electron chi connectivity index (χ3n) is 5.80. The maximum atomic E-state index is 14.0. The lowest BCUT2D eigenvalue weighted by Gasteiger charge is -2.34. The van der Waals surface area contributed by atoms with Gasteiger partial charge < -0.3 is 25.0 Å². The van der Waals surface area contributed by atoms with Crippen molar-refractivity contribution in [2.45, 2.75) is 79.5 Å². The molecule has 2 aromatic rings. The van der Waals surface area contributed by atoms with Crippen LogP contribution in [0.1, 0.15) is 70.7 Å². The van der Waals surface area contributed by atoms with Crippen molar-refractivity contribution >= 4 is 23.6 Å². The van der Waals surface area contributed by atoms with Gasteiger partial charge in [0.05, 0.1) is 7.11 Å². The average molecular weight is 526 g/mol. The van der Waals surface area contributed by atoms with Crippen LogP contribution in [0.2, 0.25) is 0 Å². The van der Waals surface area contributed by atoms with Crippen molar-refractivity contribution in [1.82, 2.24) is 10.2 Å². The number of likely N-dealkylation sites (N-methyl/N-ethyl adjacent to an activating group) is 1. The monoisotopic (exact) mass is 525 g/mol. The van der Waals surface area contributed by atoms with E-state index in [0.29, 0.717) is 23.4 Å². The lowest BCUT2D eigenvalue weighted by atomic mass is 9.97. The molecule has 0 bridgehead atoms. The summed E-state index contributed by atoms with van der Waals surface area (Å²) in [4.78, 5) is 42.0. The number of methoxy groups -OCH3 is 1. The Morgan fingerprint density at radius 3 is 2.03 bits per heavy atom. The first-order valence-electron chi connectivity index (χ1n) is 13.1. The van der Waals surface area contributed by atoms with Gasteiger partial charge in [-0.15, -0.1) is 0 Å². The van der Waals surface area contributed by atoms with E-state index in [1.54, 1.807) is 52.1 Å². The quantitative estimate of drug-likeness (QED) is 0.410. The second kappa shape index (κ2) is 13.3. The zero-order valence-electron chi connectivity index (χ0n) is 24.2. The largest absolute Gasteiger partial charge is 0.497 e. The second-order valence-corrected chi connectivity index (χ2v) is 11.0. The fourth-order valence-corrected chi connectivity index (χ4v) is 4.33. The molecular weight excluding hydrogens is 482 g/mol. The molecule has 8 nitrogen and oxygen atoms in total. The lowest BCUT2D eigenvalue weighted by molar-refractivity contribution is -0.140. The van der Waals surface area contributed by atoms with Gasteiger partial charge in [-0.2, -0.15) is 0 Å². The van der Waals surface area contributed by atoms with Crippen LogP contribution in [-0.4, -0.2) is 48.1 Å². The van der Waals surface area contributed by atoms with Crippen LogP contribution in [0.15, 0.2) is 42.5 Å². The number of anilines is 1. The summed E-state index contributed by atoms with van der Waals surface area (Å²) in [5.41, 5.74) is 2.54. The van der Waals surface area contributed by atoms with E-state index in [0.717, 1.165) is 11.1 Å². The van der Waals surface area contributed by atoms with Crippen molar-refractivity contribution in [2.75, 3.05) is 19.0 Å². The fraction of sp³-hybridized carbons (Fsp3) is 0.500. The van der Waals surface area contributed by atoms with E-state index in [2.05, 4.69) is 10.6 Å². The van der Waals surface area contributed by atoms with Crippen LogP contribution < -0.4 is 15.4 Å². The Morgan fingerprint density at radius 1 is 0.974 bits per heavy atom. The Balaban J connectivity index is 2.48. The molecule has 2 N–H and O–H groups in total.